The van der Waals surface area contributed by atoms with Gasteiger partial charge in [0.25, 0.3) is 26.9 Å². The number of benzene rings is 13. The maximum absolute atomic E-state index is 7.82. The molecule has 0 saturated heterocycles. The molecule has 0 bridgehead atoms. The molecule has 20 rings (SSSR count). The van der Waals surface area contributed by atoms with Gasteiger partial charge in [0.05, 0.1) is 11.4 Å². The highest BCUT2D eigenvalue weighted by Gasteiger charge is 2.56. The summed E-state index contributed by atoms with van der Waals surface area (Å²) in [5, 5.41) is 0. The molecule has 0 atom stereocenters. The number of ether oxygens (including phenoxy) is 1. The lowest BCUT2D eigenvalue weighted by Gasteiger charge is -2.52. The van der Waals surface area contributed by atoms with Crippen LogP contribution in [0.4, 0.5) is 85.3 Å². The minimum Gasteiger partial charge on any atom is -0.459 e. The Morgan fingerprint density at radius 2 is 0.692 bits per heavy atom. The number of hydrogen-bond acceptors (Lipinski definition) is 6. The predicted molar refractivity (Wildman–Crippen MR) is 386 cm³/mol. The van der Waals surface area contributed by atoms with Crippen LogP contribution in [0.3, 0.4) is 0 Å². The summed E-state index contributed by atoms with van der Waals surface area (Å²) in [6.45, 7) is 6.33. The number of para-hydroxylation sites is 8. The van der Waals surface area contributed by atoms with Crippen molar-refractivity contribution >= 4 is 178 Å². The molecule has 0 unspecified atom stereocenters. The first-order chi connectivity index (χ1) is 45.0. The van der Waals surface area contributed by atoms with E-state index in [0.717, 1.165) is 45.6 Å². The van der Waals surface area contributed by atoms with E-state index < -0.39 is 0 Å². The van der Waals surface area contributed by atoms with Gasteiger partial charge < -0.3 is 29.2 Å². The van der Waals surface area contributed by atoms with Gasteiger partial charge in [-0.1, -0.05) is 205 Å². The molecule has 422 valence electrons. The lowest BCUT2D eigenvalue weighted by Crippen LogP contribution is -2.72. The zero-order chi connectivity index (χ0) is 59.9. The average Bonchev–Trinajstić information content (AvgIpc) is 0.664. The molecule has 7 heterocycles. The number of anilines is 15. The Balaban J connectivity index is 0.943. The van der Waals surface area contributed by atoms with Crippen molar-refractivity contribution in [1.29, 1.82) is 0 Å². The second-order valence-corrected chi connectivity index (χ2v) is 25.6. The molecule has 6 nitrogen and oxygen atoms in total. The number of hydrogen-bond donors (Lipinski definition) is 0. The van der Waals surface area contributed by atoms with Crippen LogP contribution < -0.4 is 94.8 Å². The highest BCUT2D eigenvalue weighted by Crippen LogP contribution is 2.53. The van der Waals surface area contributed by atoms with Crippen molar-refractivity contribution in [3.05, 3.63) is 296 Å². The maximum Gasteiger partial charge on any atom is 0.256 e. The third-order valence-corrected chi connectivity index (χ3v) is 20.7. The Morgan fingerprint density at radius 1 is 0.286 bits per heavy atom. The molecule has 0 N–H and O–H groups in total. The largest absolute Gasteiger partial charge is 0.459 e. The Labute approximate surface area is 531 Å². The molecule has 91 heavy (non-hydrogen) atoms. The minimum absolute atomic E-state index is 0.0609. The third kappa shape index (κ3) is 6.91. The van der Waals surface area contributed by atoms with Crippen molar-refractivity contribution in [2.24, 2.45) is 0 Å². The summed E-state index contributed by atoms with van der Waals surface area (Å²) in [5.74, 6) is 1.87. The maximum atomic E-state index is 7.82. The first-order valence-corrected chi connectivity index (χ1v) is 32.0. The molecule has 0 saturated carbocycles. The number of fused-ring (bicyclic) bond motifs is 18. The normalized spacial score (nSPS) is 14.0. The Hall–Kier alpha value is -11.1. The molecule has 10 heteroatoms. The van der Waals surface area contributed by atoms with Crippen LogP contribution >= 0.6 is 0 Å². The monoisotopic (exact) mass is 1160 g/mol. The van der Waals surface area contributed by atoms with E-state index in [-0.39, 0.29) is 26.9 Å². The smallest absolute Gasteiger partial charge is 0.256 e. The van der Waals surface area contributed by atoms with Crippen LogP contribution in [0, 0.1) is 20.8 Å². The minimum atomic E-state index is -0.192. The standard InChI is InChI=1S/C81H55B4N5O/c1-50-44-51(2)78(52(3)45-50)90-70-49-69-64(48-63(70)84-59-35-17-21-39-65(59)87(56-32-14-7-15-33-56)71-46-57(47-72(90)74(71)84)86(54-28-10-5-11-29-54)55-30-12-6-13-31-55)85-62-38-20-25-43-73(62)91-81-76-79-75-80(77(81)85)89(69)68-42-24-19-37-61(68)83(75)60-36-18-23-41-67(60)88(79)66-40-22-16-34-58(66)82(76)53-26-8-4-9-27-53/h4-49H,1-3H3. The van der Waals surface area contributed by atoms with Crippen LogP contribution in [0.2, 0.25) is 0 Å². The van der Waals surface area contributed by atoms with Crippen LogP contribution in [-0.2, 0) is 0 Å². The van der Waals surface area contributed by atoms with Crippen molar-refractivity contribution in [3.8, 4) is 11.5 Å². The fraction of sp³-hybridized carbons (Fsp3) is 0.0370. The van der Waals surface area contributed by atoms with Crippen molar-refractivity contribution in [2.75, 3.05) is 24.5 Å². The van der Waals surface area contributed by atoms with Gasteiger partial charge in [-0.15, -0.1) is 0 Å². The van der Waals surface area contributed by atoms with E-state index in [1.807, 2.05) is 0 Å². The van der Waals surface area contributed by atoms with Gasteiger partial charge >= 0.3 is 0 Å². The summed E-state index contributed by atoms with van der Waals surface area (Å²) in [7, 11) is 0. The Kier molecular flexibility index (Phi) is 10.6. The number of nitrogens with zero attached hydrogens (tertiary/aromatic N) is 5. The topological polar surface area (TPSA) is 25.4 Å². The van der Waals surface area contributed by atoms with Gasteiger partial charge in [0.1, 0.15) is 11.5 Å². The quantitative estimate of drug-likeness (QED) is 0.154. The van der Waals surface area contributed by atoms with E-state index in [2.05, 4.69) is 324 Å². The predicted octanol–water partition coefficient (Wildman–Crippen LogP) is 12.0. The van der Waals surface area contributed by atoms with E-state index in [1.54, 1.807) is 0 Å². The summed E-state index contributed by atoms with van der Waals surface area (Å²) >= 11 is 0. The van der Waals surface area contributed by atoms with Crippen LogP contribution in [0.5, 0.6) is 11.5 Å². The molecule has 0 fully saturated rings. The average molecular weight is 1160 g/mol. The molecule has 0 spiro atoms. The summed E-state index contributed by atoms with van der Waals surface area (Å²) in [5.41, 5.74) is 36.3. The lowest BCUT2D eigenvalue weighted by molar-refractivity contribution is 0.491. The summed E-state index contributed by atoms with van der Waals surface area (Å²) < 4.78 is 7.82. The van der Waals surface area contributed by atoms with Crippen molar-refractivity contribution in [2.45, 2.75) is 20.8 Å². The van der Waals surface area contributed by atoms with Crippen LogP contribution in [0.15, 0.2) is 279 Å². The van der Waals surface area contributed by atoms with E-state index in [0.29, 0.717) is 0 Å². The molecular weight excluding hydrogens is 1100 g/mol. The molecule has 7 aliphatic heterocycles. The number of aryl methyl sites for hydroxylation is 3. The van der Waals surface area contributed by atoms with Gasteiger partial charge in [0.15, 0.2) is 0 Å². The fourth-order valence-corrected chi connectivity index (χ4v) is 17.5. The van der Waals surface area contributed by atoms with Crippen molar-refractivity contribution in [1.82, 2.24) is 0 Å². The molecular formula is C81H55B4N5O. The highest BCUT2D eigenvalue weighted by molar-refractivity contribution is 7.08. The summed E-state index contributed by atoms with van der Waals surface area (Å²) in [6, 6.07) is 105. The van der Waals surface area contributed by atoms with E-state index in [9.17, 15) is 0 Å². The van der Waals surface area contributed by atoms with E-state index in [1.165, 1.54) is 133 Å². The fourth-order valence-electron chi connectivity index (χ4n) is 17.5. The molecule has 0 radical (unpaired) electrons. The zero-order valence-corrected chi connectivity index (χ0v) is 50.5. The summed E-state index contributed by atoms with van der Waals surface area (Å²) in [4.78, 5) is 13.0. The molecule has 7 aliphatic rings. The van der Waals surface area contributed by atoms with Gasteiger partial charge in [-0.25, -0.2) is 0 Å². The van der Waals surface area contributed by atoms with E-state index in [4.69, 9.17) is 4.74 Å². The lowest BCUT2D eigenvalue weighted by atomic mass is 9.25. The molecule has 13 aromatic rings. The van der Waals surface area contributed by atoms with Gasteiger partial charge in [-0.05, 0) is 177 Å². The summed E-state index contributed by atoms with van der Waals surface area (Å²) in [6.07, 6.45) is 0. The second kappa shape index (κ2) is 19.0. The van der Waals surface area contributed by atoms with Crippen LogP contribution in [0.25, 0.3) is 0 Å². The first kappa shape index (κ1) is 50.9. The first-order valence-electron chi connectivity index (χ1n) is 32.0. The molecule has 0 aliphatic carbocycles. The molecule has 13 aromatic carbocycles. The number of rotatable bonds is 6. The molecule has 0 amide bonds. The van der Waals surface area contributed by atoms with Gasteiger partial charge in [-0.2, -0.15) is 0 Å². The van der Waals surface area contributed by atoms with E-state index >= 15 is 0 Å². The third-order valence-electron chi connectivity index (χ3n) is 20.7. The van der Waals surface area contributed by atoms with Crippen LogP contribution in [0.1, 0.15) is 16.7 Å². The second-order valence-electron chi connectivity index (χ2n) is 25.6. The van der Waals surface area contributed by atoms with Crippen molar-refractivity contribution < 1.29 is 4.74 Å². The van der Waals surface area contributed by atoms with Crippen molar-refractivity contribution in [3.63, 3.8) is 0 Å². The van der Waals surface area contributed by atoms with Gasteiger partial charge in [-0.3, -0.25) is 0 Å². The van der Waals surface area contributed by atoms with Gasteiger partial charge in [0.2, 0.25) is 0 Å². The van der Waals surface area contributed by atoms with Crippen LogP contribution in [-0.4, -0.2) is 26.9 Å². The Morgan fingerprint density at radius 3 is 1.25 bits per heavy atom. The highest BCUT2D eigenvalue weighted by atomic mass is 16.5. The zero-order valence-electron chi connectivity index (χ0n) is 50.5. The molecule has 0 aromatic heterocycles. The SMILES string of the molecule is Cc1cc(C)c(N2c3cc4c(cc3B3c5ccccc5N(c5ccccc5)c5cc(N(c6ccccc6)c6ccccc6)cc2c53)B2c3ccccc3Oc3c5c6c7c(c32)N4c2ccccc2B7c2ccccc2N6c2ccccc2B5c2ccccc2)c(C)c1. The Bertz CT molecular complexity index is 5210. The van der Waals surface area contributed by atoms with Gasteiger partial charge in [0, 0.05) is 73.9 Å².